The minimum absolute atomic E-state index is 0.00125. The molecule has 0 saturated heterocycles. The monoisotopic (exact) mass is 352 g/mol. The van der Waals surface area contributed by atoms with Gasteiger partial charge in [0.25, 0.3) is 0 Å². The Balaban J connectivity index is 3.17. The van der Waals surface area contributed by atoms with Crippen molar-refractivity contribution in [1.29, 1.82) is 0 Å². The van der Waals surface area contributed by atoms with E-state index < -0.39 is 10.0 Å². The predicted octanol–water partition coefficient (Wildman–Crippen LogP) is 1.35. The molecular weight excluding hydrogens is 336 g/mol. The maximum Gasteiger partial charge on any atom is 0.244 e. The number of anilines is 1. The Morgan fingerprint density at radius 1 is 1.42 bits per heavy atom. The number of rotatable bonds is 6. The van der Waals surface area contributed by atoms with Crippen LogP contribution < -0.4 is 15.2 Å². The van der Waals surface area contributed by atoms with Crippen LogP contribution in [-0.2, 0) is 14.8 Å². The summed E-state index contributed by atoms with van der Waals surface area (Å²) in [5.74, 6) is 0.221. The van der Waals surface area contributed by atoms with E-state index in [1.54, 1.807) is 6.92 Å². The quantitative estimate of drug-likeness (QED) is 0.754. The number of ether oxygens (including phenoxy) is 2. The lowest BCUT2D eigenvalue weighted by molar-refractivity contribution is 0.180. The summed E-state index contributed by atoms with van der Waals surface area (Å²) in [5, 5.41) is 0. The molecule has 8 heteroatoms. The van der Waals surface area contributed by atoms with Gasteiger partial charge in [-0.05, 0) is 35.0 Å². The van der Waals surface area contributed by atoms with Gasteiger partial charge >= 0.3 is 0 Å². The molecule has 0 fully saturated rings. The Morgan fingerprint density at radius 2 is 2.05 bits per heavy atom. The van der Waals surface area contributed by atoms with Crippen molar-refractivity contribution in [3.8, 4) is 5.75 Å². The first kappa shape index (κ1) is 16.2. The highest BCUT2D eigenvalue weighted by molar-refractivity contribution is 9.10. The lowest BCUT2D eigenvalue weighted by Crippen LogP contribution is -2.35. The van der Waals surface area contributed by atoms with E-state index in [4.69, 9.17) is 15.2 Å². The summed E-state index contributed by atoms with van der Waals surface area (Å²) in [4.78, 5) is -0.00125. The van der Waals surface area contributed by atoms with Gasteiger partial charge in [0, 0.05) is 23.3 Å². The Hall–Kier alpha value is -0.830. The number of sulfonamides is 1. The fourth-order valence-electron chi connectivity index (χ4n) is 1.53. The highest BCUT2D eigenvalue weighted by atomic mass is 79.9. The standard InChI is InChI=1S/C11H17BrN2O4S/c1-7(6-17-2)14-19(15,16)11-5-9(13)8(12)4-10(11)18-3/h4-5,7,14H,6,13H2,1-3H3. The summed E-state index contributed by atoms with van der Waals surface area (Å²) in [6.07, 6.45) is 0. The normalized spacial score (nSPS) is 13.3. The van der Waals surface area contributed by atoms with Crippen LogP contribution in [0.5, 0.6) is 5.75 Å². The highest BCUT2D eigenvalue weighted by Gasteiger charge is 2.23. The van der Waals surface area contributed by atoms with Crippen LogP contribution in [0, 0.1) is 0 Å². The van der Waals surface area contributed by atoms with E-state index in [2.05, 4.69) is 20.7 Å². The van der Waals surface area contributed by atoms with Crippen molar-refractivity contribution in [2.75, 3.05) is 26.6 Å². The fourth-order valence-corrected chi connectivity index (χ4v) is 3.27. The molecule has 1 unspecified atom stereocenters. The molecule has 0 heterocycles. The lowest BCUT2D eigenvalue weighted by Gasteiger charge is -2.16. The van der Waals surface area contributed by atoms with Gasteiger partial charge in [0.2, 0.25) is 10.0 Å². The van der Waals surface area contributed by atoms with Crippen LogP contribution in [0.25, 0.3) is 0 Å². The predicted molar refractivity (Wildman–Crippen MR) is 76.8 cm³/mol. The zero-order valence-corrected chi connectivity index (χ0v) is 13.3. The maximum atomic E-state index is 12.2. The molecule has 0 spiro atoms. The van der Waals surface area contributed by atoms with Gasteiger partial charge in [0.15, 0.2) is 0 Å². The molecule has 0 saturated carbocycles. The average molecular weight is 353 g/mol. The van der Waals surface area contributed by atoms with E-state index in [1.807, 2.05) is 0 Å². The Kier molecular flexibility index (Phi) is 5.60. The number of methoxy groups -OCH3 is 2. The van der Waals surface area contributed by atoms with E-state index in [-0.39, 0.29) is 23.3 Å². The van der Waals surface area contributed by atoms with Crippen LogP contribution in [0.4, 0.5) is 5.69 Å². The first-order valence-corrected chi connectivity index (χ1v) is 7.73. The average Bonchev–Trinajstić information content (AvgIpc) is 2.31. The number of nitrogen functional groups attached to an aromatic ring is 1. The van der Waals surface area contributed by atoms with E-state index in [1.165, 1.54) is 26.4 Å². The van der Waals surface area contributed by atoms with Gasteiger partial charge < -0.3 is 15.2 Å². The summed E-state index contributed by atoms with van der Waals surface area (Å²) in [5.41, 5.74) is 6.03. The molecule has 0 radical (unpaired) electrons. The van der Waals surface area contributed by atoms with E-state index in [9.17, 15) is 8.42 Å². The van der Waals surface area contributed by atoms with Crippen molar-refractivity contribution < 1.29 is 17.9 Å². The Morgan fingerprint density at radius 3 is 2.58 bits per heavy atom. The van der Waals surface area contributed by atoms with Crippen LogP contribution in [-0.4, -0.2) is 35.3 Å². The largest absolute Gasteiger partial charge is 0.495 e. The molecule has 0 aliphatic heterocycles. The molecule has 6 nitrogen and oxygen atoms in total. The van der Waals surface area contributed by atoms with Gasteiger partial charge in [-0.3, -0.25) is 0 Å². The van der Waals surface area contributed by atoms with Crippen molar-refractivity contribution in [3.05, 3.63) is 16.6 Å². The first-order chi connectivity index (χ1) is 8.81. The lowest BCUT2D eigenvalue weighted by atomic mass is 10.3. The molecule has 1 atom stereocenters. The van der Waals surface area contributed by atoms with Crippen LogP contribution in [0.1, 0.15) is 6.92 Å². The maximum absolute atomic E-state index is 12.2. The molecule has 108 valence electrons. The molecule has 1 rings (SSSR count). The SMILES string of the molecule is COCC(C)NS(=O)(=O)c1cc(N)c(Br)cc1OC. The zero-order valence-electron chi connectivity index (χ0n) is 10.9. The number of hydrogen-bond donors (Lipinski definition) is 2. The van der Waals surface area contributed by atoms with Crippen molar-refractivity contribution in [1.82, 2.24) is 4.72 Å². The number of halogens is 1. The highest BCUT2D eigenvalue weighted by Crippen LogP contribution is 2.32. The smallest absolute Gasteiger partial charge is 0.244 e. The molecule has 0 aliphatic carbocycles. The molecular formula is C11H17BrN2O4S. The van der Waals surface area contributed by atoms with Crippen LogP contribution in [0.15, 0.2) is 21.5 Å². The second kappa shape index (κ2) is 6.56. The first-order valence-electron chi connectivity index (χ1n) is 5.46. The number of hydrogen-bond acceptors (Lipinski definition) is 5. The Bertz CT molecular complexity index is 548. The molecule has 0 aromatic heterocycles. The summed E-state index contributed by atoms with van der Waals surface area (Å²) in [6.45, 7) is 1.98. The minimum atomic E-state index is -3.72. The van der Waals surface area contributed by atoms with Crippen molar-refractivity contribution in [2.45, 2.75) is 17.9 Å². The topological polar surface area (TPSA) is 90.7 Å². The molecule has 1 aromatic rings. The van der Waals surface area contributed by atoms with E-state index in [0.29, 0.717) is 10.2 Å². The van der Waals surface area contributed by atoms with Gasteiger partial charge in [-0.1, -0.05) is 0 Å². The third kappa shape index (κ3) is 4.07. The molecule has 0 aliphatic rings. The minimum Gasteiger partial charge on any atom is -0.495 e. The van der Waals surface area contributed by atoms with Gasteiger partial charge in [0.05, 0.1) is 13.7 Å². The Labute approximate surface area is 121 Å². The van der Waals surface area contributed by atoms with Crippen molar-refractivity contribution in [2.24, 2.45) is 0 Å². The zero-order chi connectivity index (χ0) is 14.6. The van der Waals surface area contributed by atoms with Crippen LogP contribution >= 0.6 is 15.9 Å². The van der Waals surface area contributed by atoms with Gasteiger partial charge in [0.1, 0.15) is 10.6 Å². The molecule has 1 aromatic carbocycles. The van der Waals surface area contributed by atoms with Crippen molar-refractivity contribution in [3.63, 3.8) is 0 Å². The number of nitrogens with one attached hydrogen (secondary N) is 1. The third-order valence-electron chi connectivity index (χ3n) is 2.35. The second-order valence-corrected chi connectivity index (χ2v) is 6.54. The third-order valence-corrected chi connectivity index (χ3v) is 4.64. The fraction of sp³-hybridized carbons (Fsp3) is 0.455. The summed E-state index contributed by atoms with van der Waals surface area (Å²) in [7, 11) is -0.818. The molecule has 3 N–H and O–H groups in total. The number of nitrogens with two attached hydrogens (primary N) is 1. The van der Waals surface area contributed by atoms with Gasteiger partial charge in [-0.15, -0.1) is 0 Å². The summed E-state index contributed by atoms with van der Waals surface area (Å²) in [6, 6.07) is 2.51. The van der Waals surface area contributed by atoms with Gasteiger partial charge in [-0.2, -0.15) is 0 Å². The summed E-state index contributed by atoms with van der Waals surface area (Å²) < 4.78 is 37.5. The molecule has 0 bridgehead atoms. The number of benzene rings is 1. The van der Waals surface area contributed by atoms with Crippen molar-refractivity contribution >= 4 is 31.6 Å². The van der Waals surface area contributed by atoms with E-state index >= 15 is 0 Å². The van der Waals surface area contributed by atoms with Crippen LogP contribution in [0.2, 0.25) is 0 Å². The van der Waals surface area contributed by atoms with Crippen LogP contribution in [0.3, 0.4) is 0 Å². The molecule has 19 heavy (non-hydrogen) atoms. The van der Waals surface area contributed by atoms with Gasteiger partial charge in [-0.25, -0.2) is 13.1 Å². The second-order valence-electron chi connectivity index (χ2n) is 4.00. The molecule has 0 amide bonds. The van der Waals surface area contributed by atoms with E-state index in [0.717, 1.165) is 0 Å². The summed E-state index contributed by atoms with van der Waals surface area (Å²) >= 11 is 3.22.